The Hall–Kier alpha value is -7.40. The third-order valence-corrected chi connectivity index (χ3v) is 16.0. The van der Waals surface area contributed by atoms with Gasteiger partial charge in [0.25, 0.3) is 0 Å². The zero-order valence-electron chi connectivity index (χ0n) is 36.1. The zero-order valence-corrected chi connectivity index (χ0v) is 37.8. The molecule has 2 nitrogen and oxygen atoms in total. The van der Waals surface area contributed by atoms with Crippen LogP contribution < -0.4 is 0 Å². The van der Waals surface area contributed by atoms with Crippen LogP contribution in [-0.4, -0.2) is 9.13 Å². The van der Waals surface area contributed by atoms with E-state index in [4.69, 9.17) is 0 Å². The highest BCUT2D eigenvalue weighted by atomic mass is 32.1. The molecule has 0 spiro atoms. The van der Waals surface area contributed by atoms with Crippen molar-refractivity contribution in [2.24, 2.45) is 0 Å². The maximum Gasteiger partial charge on any atom is 0.417 e. The Bertz CT molecular complexity index is 4190. The Morgan fingerprint density at radius 2 is 0.721 bits per heavy atom. The maximum atomic E-state index is 15.8. The van der Waals surface area contributed by atoms with Gasteiger partial charge in [-0.3, -0.25) is 0 Å². The minimum Gasteiger partial charge on any atom is -0.308 e. The third kappa shape index (κ3) is 5.71. The molecule has 4 aromatic heterocycles. The van der Waals surface area contributed by atoms with E-state index in [2.05, 4.69) is 34.9 Å². The van der Waals surface area contributed by atoms with E-state index in [1.807, 2.05) is 109 Å². The van der Waals surface area contributed by atoms with Gasteiger partial charge in [-0.25, -0.2) is 0 Å². The number of hydrogen-bond donors (Lipinski definition) is 0. The van der Waals surface area contributed by atoms with Crippen LogP contribution in [0.25, 0.3) is 118 Å². The molecule has 13 aromatic rings. The Morgan fingerprint density at radius 1 is 0.353 bits per heavy atom. The molecule has 0 radical (unpaired) electrons. The van der Waals surface area contributed by atoms with Gasteiger partial charge in [0.05, 0.1) is 44.6 Å². The maximum absolute atomic E-state index is 15.8. The second kappa shape index (κ2) is 14.6. The molecule has 330 valence electrons. The second-order valence-corrected chi connectivity index (χ2v) is 19.5. The predicted octanol–water partition coefficient (Wildman–Crippen LogP) is 18.6. The highest BCUT2D eigenvalue weighted by Gasteiger charge is 2.39. The van der Waals surface area contributed by atoms with Gasteiger partial charge in [-0.05, 0) is 84.6 Å². The van der Waals surface area contributed by atoms with E-state index in [9.17, 15) is 0 Å². The number of alkyl halides is 6. The highest BCUT2D eigenvalue weighted by molar-refractivity contribution is 7.26. The van der Waals surface area contributed by atoms with Gasteiger partial charge in [0.15, 0.2) is 0 Å². The minimum atomic E-state index is -4.83. The van der Waals surface area contributed by atoms with Crippen LogP contribution in [0.4, 0.5) is 26.3 Å². The molecule has 0 bridgehead atoms. The molecule has 4 heterocycles. The summed E-state index contributed by atoms with van der Waals surface area (Å²) in [6.07, 6.45) is -9.66. The van der Waals surface area contributed by atoms with E-state index < -0.39 is 23.5 Å². The summed E-state index contributed by atoms with van der Waals surface area (Å²) in [5.41, 5.74) is 2.95. The number of aromatic nitrogens is 2. The van der Waals surface area contributed by atoms with E-state index in [-0.39, 0.29) is 27.9 Å². The van der Waals surface area contributed by atoms with Crippen LogP contribution in [0, 0.1) is 13.8 Å². The van der Waals surface area contributed by atoms with Crippen LogP contribution in [0.5, 0.6) is 0 Å². The summed E-state index contributed by atoms with van der Waals surface area (Å²) in [4.78, 5) is 0. The molecule has 0 fully saturated rings. The van der Waals surface area contributed by atoms with Crippen molar-refractivity contribution in [1.82, 2.24) is 9.13 Å². The van der Waals surface area contributed by atoms with Gasteiger partial charge in [0.2, 0.25) is 0 Å². The summed E-state index contributed by atoms with van der Waals surface area (Å²) in [5, 5.41) is 7.27. The molecule has 0 saturated heterocycles. The smallest absolute Gasteiger partial charge is 0.308 e. The molecule has 0 aliphatic heterocycles. The molecular formula is C58H34F6N2S2. The average molecular weight is 937 g/mol. The van der Waals surface area contributed by atoms with Crippen molar-refractivity contribution >= 4 is 107 Å². The first-order valence-electron chi connectivity index (χ1n) is 22.1. The SMILES string of the molecule is Cc1c(-c2ccccc2C(F)(F)F)c(-n2c3ccccc3c3ccc4sc5ccccc5c4c32)c(-c2ccccc2C(F)(F)F)c(C)c1-n1c2ccccc2c2ccc3sc4ccccc4c3c21. The number of fused-ring (bicyclic) bond motifs is 14. The van der Waals surface area contributed by atoms with Gasteiger partial charge in [-0.2, -0.15) is 26.3 Å². The van der Waals surface area contributed by atoms with Crippen LogP contribution in [0.15, 0.2) is 170 Å². The van der Waals surface area contributed by atoms with Crippen molar-refractivity contribution in [3.63, 3.8) is 0 Å². The molecule has 0 unspecified atom stereocenters. The van der Waals surface area contributed by atoms with Crippen molar-refractivity contribution in [3.05, 3.63) is 192 Å². The standard InChI is InChI=1S/C58H34F6N2S2/c1-31-49(37-17-3-9-21-41(37)57(59,60)61)56(66-44-24-12-6-16-34(44)36-28-30-48-52(55(36)66)40-20-8-14-26-46(40)68-48)50(38-18-4-10-22-42(38)58(62,63)64)32(2)53(31)65-43-23-11-5-15-33(43)35-27-29-47-51(54(35)65)39-19-7-13-25-45(39)67-47/h3-30H,1-2H3. The van der Waals surface area contributed by atoms with Gasteiger partial charge < -0.3 is 9.13 Å². The lowest BCUT2D eigenvalue weighted by Crippen LogP contribution is -2.14. The topological polar surface area (TPSA) is 9.86 Å². The Kier molecular flexibility index (Phi) is 8.74. The normalized spacial score (nSPS) is 12.7. The Labute approximate surface area is 392 Å². The number of thiophene rings is 2. The van der Waals surface area contributed by atoms with Crippen molar-refractivity contribution < 1.29 is 26.3 Å². The molecule has 0 atom stereocenters. The van der Waals surface area contributed by atoms with E-state index in [1.165, 1.54) is 24.3 Å². The Balaban J connectivity index is 1.34. The number of hydrogen-bond acceptors (Lipinski definition) is 2. The first-order valence-corrected chi connectivity index (χ1v) is 23.7. The van der Waals surface area contributed by atoms with Crippen molar-refractivity contribution in [3.8, 4) is 33.6 Å². The largest absolute Gasteiger partial charge is 0.417 e. The van der Waals surface area contributed by atoms with Crippen LogP contribution in [0.3, 0.4) is 0 Å². The minimum absolute atomic E-state index is 0.139. The van der Waals surface area contributed by atoms with Crippen LogP contribution in [0.1, 0.15) is 22.3 Å². The molecule has 0 amide bonds. The summed E-state index contributed by atoms with van der Waals surface area (Å²) in [6, 6.07) is 50.9. The lowest BCUT2D eigenvalue weighted by atomic mass is 9.84. The molecule has 0 saturated carbocycles. The Morgan fingerprint density at radius 3 is 1.16 bits per heavy atom. The number of halogens is 6. The first-order chi connectivity index (χ1) is 32.9. The highest BCUT2D eigenvalue weighted by Crippen LogP contribution is 2.54. The van der Waals surface area contributed by atoms with Gasteiger partial charge >= 0.3 is 12.4 Å². The summed E-state index contributed by atoms with van der Waals surface area (Å²) in [6.45, 7) is 3.67. The molecule has 9 aromatic carbocycles. The van der Waals surface area contributed by atoms with Gasteiger partial charge in [-0.15, -0.1) is 22.7 Å². The fourth-order valence-electron chi connectivity index (χ4n) is 11.1. The van der Waals surface area contributed by atoms with Crippen LogP contribution in [0.2, 0.25) is 0 Å². The van der Waals surface area contributed by atoms with Gasteiger partial charge in [-0.1, -0.05) is 121 Å². The van der Waals surface area contributed by atoms with Gasteiger partial charge in [0, 0.05) is 73.0 Å². The molecule has 0 aliphatic rings. The first kappa shape index (κ1) is 40.8. The summed E-state index contributed by atoms with van der Waals surface area (Å²) in [5.74, 6) is 0. The van der Waals surface area contributed by atoms with Crippen molar-refractivity contribution in [2.45, 2.75) is 26.2 Å². The molecule has 13 rings (SSSR count). The van der Waals surface area contributed by atoms with E-state index in [0.29, 0.717) is 27.8 Å². The number of benzene rings is 9. The molecule has 68 heavy (non-hydrogen) atoms. The average Bonchev–Trinajstić information content (AvgIpc) is 4.09. The fourth-order valence-corrected chi connectivity index (χ4v) is 13.3. The number of rotatable bonds is 4. The number of nitrogens with zero attached hydrogens (tertiary/aromatic N) is 2. The molecular weight excluding hydrogens is 903 g/mol. The van der Waals surface area contributed by atoms with E-state index in [1.54, 1.807) is 34.8 Å². The molecule has 0 N–H and O–H groups in total. The van der Waals surface area contributed by atoms with Gasteiger partial charge in [0.1, 0.15) is 0 Å². The predicted molar refractivity (Wildman–Crippen MR) is 271 cm³/mol. The number of para-hydroxylation sites is 2. The third-order valence-electron chi connectivity index (χ3n) is 13.7. The summed E-state index contributed by atoms with van der Waals surface area (Å²) < 4.78 is 103. The monoisotopic (exact) mass is 936 g/mol. The van der Waals surface area contributed by atoms with Crippen LogP contribution in [-0.2, 0) is 12.4 Å². The fraction of sp³-hybridized carbons (Fsp3) is 0.0690. The van der Waals surface area contributed by atoms with E-state index in [0.717, 1.165) is 85.1 Å². The summed E-state index contributed by atoms with van der Waals surface area (Å²) in [7, 11) is 0. The van der Waals surface area contributed by atoms with Crippen LogP contribution >= 0.6 is 22.7 Å². The van der Waals surface area contributed by atoms with Crippen molar-refractivity contribution in [2.75, 3.05) is 0 Å². The second-order valence-electron chi connectivity index (χ2n) is 17.4. The lowest BCUT2D eigenvalue weighted by Gasteiger charge is -2.29. The molecule has 0 aliphatic carbocycles. The van der Waals surface area contributed by atoms with E-state index >= 15 is 26.3 Å². The summed E-state index contributed by atoms with van der Waals surface area (Å²) >= 11 is 3.25. The lowest BCUT2D eigenvalue weighted by molar-refractivity contribution is -0.137. The zero-order chi connectivity index (χ0) is 46.4. The quantitative estimate of drug-likeness (QED) is 0.156. The molecule has 10 heteroatoms. The van der Waals surface area contributed by atoms with Crippen molar-refractivity contribution in [1.29, 1.82) is 0 Å².